The number of carbonyl (C=O) groups excluding carboxylic acids is 1. The number of benzene rings is 1. The summed E-state index contributed by atoms with van der Waals surface area (Å²) >= 11 is 0. The highest BCUT2D eigenvalue weighted by atomic mass is 19.1. The molecular formula is C23H26FN5O2. The SMILES string of the molecule is CC(=O)N1CCc2nc3cc([C@H]4CCCCN4Cc4ccccc4F)[nH]n3c(=O)c2C1. The second kappa shape index (κ2) is 7.92. The molecule has 1 atom stereocenters. The Morgan fingerprint density at radius 1 is 1.26 bits per heavy atom. The molecule has 0 saturated carbocycles. The van der Waals surface area contributed by atoms with Crippen molar-refractivity contribution in [2.45, 2.75) is 51.7 Å². The summed E-state index contributed by atoms with van der Waals surface area (Å²) in [5, 5.41) is 3.26. The van der Waals surface area contributed by atoms with Crippen LogP contribution in [0, 0.1) is 5.82 Å². The van der Waals surface area contributed by atoms with E-state index in [9.17, 15) is 14.0 Å². The number of hydrogen-bond acceptors (Lipinski definition) is 4. The van der Waals surface area contributed by atoms with Gasteiger partial charge in [-0.15, -0.1) is 0 Å². The third kappa shape index (κ3) is 3.65. The minimum Gasteiger partial charge on any atom is -0.338 e. The molecule has 1 N–H and O–H groups in total. The number of halogens is 1. The Morgan fingerprint density at radius 3 is 2.90 bits per heavy atom. The predicted octanol–water partition coefficient (Wildman–Crippen LogP) is 2.79. The van der Waals surface area contributed by atoms with Crippen LogP contribution in [0.25, 0.3) is 5.65 Å². The molecule has 7 nitrogen and oxygen atoms in total. The number of likely N-dealkylation sites (tertiary alicyclic amines) is 1. The van der Waals surface area contributed by atoms with Gasteiger partial charge in [-0.2, -0.15) is 0 Å². The first-order valence-electron chi connectivity index (χ1n) is 10.9. The molecule has 2 aliphatic rings. The number of aromatic nitrogens is 3. The van der Waals surface area contributed by atoms with Gasteiger partial charge in [-0.3, -0.25) is 19.6 Å². The summed E-state index contributed by atoms with van der Waals surface area (Å²) in [4.78, 5) is 33.6. The molecule has 1 saturated heterocycles. The van der Waals surface area contributed by atoms with E-state index in [0.29, 0.717) is 42.8 Å². The number of fused-ring (bicyclic) bond motifs is 2. The smallest absolute Gasteiger partial charge is 0.277 e. The number of hydrogen-bond donors (Lipinski definition) is 1. The summed E-state index contributed by atoms with van der Waals surface area (Å²) in [5.41, 5.74) is 3.42. The zero-order valence-corrected chi connectivity index (χ0v) is 17.6. The first kappa shape index (κ1) is 19.9. The number of amides is 1. The van der Waals surface area contributed by atoms with Crippen molar-refractivity contribution in [3.8, 4) is 0 Å². The van der Waals surface area contributed by atoms with Gasteiger partial charge in [-0.1, -0.05) is 24.6 Å². The number of rotatable bonds is 3. The van der Waals surface area contributed by atoms with Crippen molar-refractivity contribution in [1.29, 1.82) is 0 Å². The van der Waals surface area contributed by atoms with Crippen molar-refractivity contribution in [3.63, 3.8) is 0 Å². The molecule has 1 aromatic carbocycles. The van der Waals surface area contributed by atoms with E-state index in [2.05, 4.69) is 10.00 Å². The first-order chi connectivity index (χ1) is 15.0. The highest BCUT2D eigenvalue weighted by Crippen LogP contribution is 2.32. The van der Waals surface area contributed by atoms with E-state index in [1.165, 1.54) is 17.5 Å². The number of carbonyl (C=O) groups is 1. The van der Waals surface area contributed by atoms with E-state index in [-0.39, 0.29) is 23.3 Å². The lowest BCUT2D eigenvalue weighted by molar-refractivity contribution is -0.129. The van der Waals surface area contributed by atoms with Gasteiger partial charge >= 0.3 is 0 Å². The molecule has 5 rings (SSSR count). The van der Waals surface area contributed by atoms with Crippen LogP contribution >= 0.6 is 0 Å². The standard InChI is InChI=1S/C23H26FN5O2/c1-15(30)27-11-9-19-17(14-27)23(31)29-22(25-19)12-20(26-29)21-8-4-5-10-28(21)13-16-6-2-3-7-18(16)24/h2-3,6-7,12,21,26H,4-5,8-11,13-14H2,1H3/t21-/m1/s1. The fourth-order valence-corrected chi connectivity index (χ4v) is 4.82. The van der Waals surface area contributed by atoms with Gasteiger partial charge in [0.2, 0.25) is 5.91 Å². The average molecular weight is 423 g/mol. The van der Waals surface area contributed by atoms with Crippen molar-refractivity contribution in [2.24, 2.45) is 0 Å². The van der Waals surface area contributed by atoms with Gasteiger partial charge in [0.25, 0.3) is 5.56 Å². The van der Waals surface area contributed by atoms with Crippen LogP contribution in [0.2, 0.25) is 0 Å². The fourth-order valence-electron chi connectivity index (χ4n) is 4.82. The Bertz CT molecular complexity index is 1200. The lowest BCUT2D eigenvalue weighted by Gasteiger charge is -2.35. The van der Waals surface area contributed by atoms with Crippen LogP contribution in [0.1, 0.15) is 54.7 Å². The van der Waals surface area contributed by atoms with Gasteiger partial charge in [0, 0.05) is 38.1 Å². The van der Waals surface area contributed by atoms with Gasteiger partial charge < -0.3 is 4.90 Å². The number of H-pyrrole nitrogens is 1. The molecule has 31 heavy (non-hydrogen) atoms. The van der Waals surface area contributed by atoms with E-state index in [1.807, 2.05) is 18.2 Å². The molecule has 1 fully saturated rings. The molecule has 8 heteroatoms. The number of aromatic amines is 1. The van der Waals surface area contributed by atoms with E-state index in [0.717, 1.165) is 37.2 Å². The second-order valence-corrected chi connectivity index (χ2v) is 8.51. The van der Waals surface area contributed by atoms with Crippen LogP contribution < -0.4 is 5.56 Å². The molecule has 3 aromatic rings. The van der Waals surface area contributed by atoms with Crippen LogP contribution in [0.5, 0.6) is 0 Å². The van der Waals surface area contributed by atoms with Gasteiger partial charge in [0.15, 0.2) is 5.65 Å². The van der Waals surface area contributed by atoms with Crippen molar-refractivity contribution in [1.82, 2.24) is 24.4 Å². The highest BCUT2D eigenvalue weighted by molar-refractivity contribution is 5.73. The van der Waals surface area contributed by atoms with Crippen LogP contribution in [0.4, 0.5) is 4.39 Å². The maximum absolute atomic E-state index is 14.2. The Hall–Kier alpha value is -3.00. The fraction of sp³-hybridized carbons (Fsp3) is 0.435. The van der Waals surface area contributed by atoms with Gasteiger partial charge in [-0.05, 0) is 25.5 Å². The summed E-state index contributed by atoms with van der Waals surface area (Å²) in [6.45, 7) is 3.81. The maximum atomic E-state index is 14.2. The number of nitrogens with zero attached hydrogens (tertiary/aromatic N) is 4. The van der Waals surface area contributed by atoms with Crippen molar-refractivity contribution in [2.75, 3.05) is 13.1 Å². The quantitative estimate of drug-likeness (QED) is 0.703. The molecule has 2 aliphatic heterocycles. The molecule has 0 aliphatic carbocycles. The highest BCUT2D eigenvalue weighted by Gasteiger charge is 2.28. The molecule has 0 spiro atoms. The third-order valence-corrected chi connectivity index (χ3v) is 6.53. The Labute approximate surface area is 179 Å². The zero-order chi connectivity index (χ0) is 21.5. The normalized spacial score (nSPS) is 19.5. The average Bonchev–Trinajstić information content (AvgIpc) is 3.20. The summed E-state index contributed by atoms with van der Waals surface area (Å²) in [6, 6.07) is 8.90. The molecule has 0 radical (unpaired) electrons. The number of nitrogens with one attached hydrogen (secondary N) is 1. The molecule has 162 valence electrons. The van der Waals surface area contributed by atoms with Gasteiger partial charge in [0.05, 0.1) is 29.5 Å². The van der Waals surface area contributed by atoms with Crippen molar-refractivity contribution in [3.05, 3.63) is 69.0 Å². The third-order valence-electron chi connectivity index (χ3n) is 6.53. The van der Waals surface area contributed by atoms with E-state index in [1.54, 1.807) is 11.0 Å². The first-order valence-corrected chi connectivity index (χ1v) is 10.9. The zero-order valence-electron chi connectivity index (χ0n) is 17.6. The van der Waals surface area contributed by atoms with Crippen LogP contribution in [0.3, 0.4) is 0 Å². The largest absolute Gasteiger partial charge is 0.338 e. The lowest BCUT2D eigenvalue weighted by atomic mass is 9.98. The van der Waals surface area contributed by atoms with Gasteiger partial charge in [-0.25, -0.2) is 13.9 Å². The monoisotopic (exact) mass is 423 g/mol. The van der Waals surface area contributed by atoms with Crippen molar-refractivity contribution >= 4 is 11.6 Å². The minimum absolute atomic E-state index is 0.0340. The topological polar surface area (TPSA) is 73.7 Å². The summed E-state index contributed by atoms with van der Waals surface area (Å²) in [6.07, 6.45) is 3.68. The molecule has 1 amide bonds. The minimum atomic E-state index is -0.191. The Balaban J connectivity index is 1.49. The molecule has 2 aromatic heterocycles. The summed E-state index contributed by atoms with van der Waals surface area (Å²) in [5.74, 6) is -0.225. The van der Waals surface area contributed by atoms with Crippen LogP contribution in [-0.4, -0.2) is 43.4 Å². The molecular weight excluding hydrogens is 397 g/mol. The number of piperidine rings is 1. The maximum Gasteiger partial charge on any atom is 0.277 e. The molecule has 4 heterocycles. The predicted molar refractivity (Wildman–Crippen MR) is 114 cm³/mol. The second-order valence-electron chi connectivity index (χ2n) is 8.51. The van der Waals surface area contributed by atoms with E-state index >= 15 is 0 Å². The van der Waals surface area contributed by atoms with E-state index in [4.69, 9.17) is 4.98 Å². The van der Waals surface area contributed by atoms with Crippen molar-refractivity contribution < 1.29 is 9.18 Å². The summed E-state index contributed by atoms with van der Waals surface area (Å²) < 4.78 is 15.7. The van der Waals surface area contributed by atoms with E-state index < -0.39 is 0 Å². The molecule has 0 unspecified atom stereocenters. The lowest BCUT2D eigenvalue weighted by Crippen LogP contribution is -2.39. The molecule has 0 bridgehead atoms. The van der Waals surface area contributed by atoms with Gasteiger partial charge in [0.1, 0.15) is 5.82 Å². The Kier molecular flexibility index (Phi) is 5.09. The van der Waals surface area contributed by atoms with Crippen LogP contribution in [-0.2, 0) is 24.3 Å². The summed E-state index contributed by atoms with van der Waals surface area (Å²) in [7, 11) is 0. The van der Waals surface area contributed by atoms with Crippen LogP contribution in [0.15, 0.2) is 35.1 Å². The Morgan fingerprint density at radius 2 is 2.10 bits per heavy atom.